The molecule has 4 rings (SSSR count). The van der Waals surface area contributed by atoms with Gasteiger partial charge in [-0.3, -0.25) is 0 Å². The lowest BCUT2D eigenvalue weighted by Crippen LogP contribution is -2.21. The van der Waals surface area contributed by atoms with Crippen LogP contribution in [0.5, 0.6) is 0 Å². The Balaban J connectivity index is 1.87. The van der Waals surface area contributed by atoms with Crippen molar-refractivity contribution in [3.63, 3.8) is 0 Å². The van der Waals surface area contributed by atoms with E-state index < -0.39 is 15.9 Å². The van der Waals surface area contributed by atoms with Crippen LogP contribution in [0.15, 0.2) is 81.6 Å². The number of nitrogens with zero attached hydrogens (tertiary/aromatic N) is 3. The Hall–Kier alpha value is -3.45. The number of hydrogen-bond donors (Lipinski definition) is 0. The Kier molecular flexibility index (Phi) is 7.08. The molecule has 1 aliphatic heterocycles. The summed E-state index contributed by atoms with van der Waals surface area (Å²) in [5.41, 5.74) is 6.09. The normalized spacial score (nSPS) is 15.7. The van der Waals surface area contributed by atoms with Gasteiger partial charge in [0, 0.05) is 42.4 Å². The molecule has 35 heavy (non-hydrogen) atoms. The first-order chi connectivity index (χ1) is 16.8. The van der Waals surface area contributed by atoms with Crippen molar-refractivity contribution in [2.45, 2.75) is 32.6 Å². The van der Waals surface area contributed by atoms with Crippen LogP contribution in [0.2, 0.25) is 0 Å². The van der Waals surface area contributed by atoms with E-state index in [1.165, 1.54) is 6.07 Å². The molecule has 0 atom stereocenters. The van der Waals surface area contributed by atoms with Crippen molar-refractivity contribution < 1.29 is 18.1 Å². The third-order valence-corrected chi connectivity index (χ3v) is 7.87. The van der Waals surface area contributed by atoms with Crippen molar-refractivity contribution in [3.8, 4) is 0 Å². The zero-order chi connectivity index (χ0) is 25.2. The summed E-state index contributed by atoms with van der Waals surface area (Å²) in [6, 6.07) is 13.3. The first-order valence-corrected chi connectivity index (χ1v) is 13.5. The summed E-state index contributed by atoms with van der Waals surface area (Å²) < 4.78 is 30.0. The highest BCUT2D eigenvalue weighted by atomic mass is 32.2. The summed E-state index contributed by atoms with van der Waals surface area (Å²) >= 11 is 0. The number of benzene rings is 2. The lowest BCUT2D eigenvalue weighted by molar-refractivity contribution is -0.519. The summed E-state index contributed by atoms with van der Waals surface area (Å²) in [5, 5.41) is 12.3. The molecule has 0 unspecified atom stereocenters. The van der Waals surface area contributed by atoms with Gasteiger partial charge in [-0.15, -0.1) is 0 Å². The van der Waals surface area contributed by atoms with Gasteiger partial charge in [-0.05, 0) is 86.4 Å². The minimum atomic E-state index is -3.91. The monoisotopic (exact) mass is 489 g/mol. The molecule has 0 saturated carbocycles. The molecular formula is C28H31N3O3S. The maximum absolute atomic E-state index is 12.3. The molecule has 2 aromatic carbocycles. The van der Waals surface area contributed by atoms with Crippen molar-refractivity contribution in [1.82, 2.24) is 0 Å². The molecule has 6 nitrogen and oxygen atoms in total. The third kappa shape index (κ3) is 4.73. The number of fused-ring (bicyclic) bond motifs is 1. The Labute approximate surface area is 208 Å². The fraction of sp³-hybridized carbons (Fsp3) is 0.286. The van der Waals surface area contributed by atoms with Gasteiger partial charge in [0.1, 0.15) is 13.1 Å². The summed E-state index contributed by atoms with van der Waals surface area (Å²) in [4.78, 5) is 2.25. The van der Waals surface area contributed by atoms with Gasteiger partial charge in [-0.1, -0.05) is 18.2 Å². The van der Waals surface area contributed by atoms with E-state index in [2.05, 4.69) is 90.1 Å². The second kappa shape index (κ2) is 10.0. The molecule has 0 spiro atoms. The van der Waals surface area contributed by atoms with E-state index in [0.29, 0.717) is 0 Å². The molecule has 182 valence electrons. The fourth-order valence-corrected chi connectivity index (χ4v) is 5.72. The van der Waals surface area contributed by atoms with E-state index in [1.807, 2.05) is 0 Å². The number of rotatable bonds is 7. The van der Waals surface area contributed by atoms with Crippen molar-refractivity contribution in [2.24, 2.45) is 4.40 Å². The van der Waals surface area contributed by atoms with E-state index in [1.54, 1.807) is 12.1 Å². The quantitative estimate of drug-likeness (QED) is 0.555. The second-order valence-corrected chi connectivity index (χ2v) is 9.97. The van der Waals surface area contributed by atoms with Gasteiger partial charge < -0.3 is 10.0 Å². The molecule has 0 radical (unpaired) electrons. The summed E-state index contributed by atoms with van der Waals surface area (Å²) in [6.45, 7) is 12.2. The molecule has 0 saturated heterocycles. The Morgan fingerprint density at radius 3 is 2.06 bits per heavy atom. The van der Waals surface area contributed by atoms with Gasteiger partial charge in [-0.2, -0.15) is 12.8 Å². The Morgan fingerprint density at radius 2 is 1.49 bits per heavy atom. The van der Waals surface area contributed by atoms with Crippen LogP contribution < -0.4 is 10.0 Å². The molecule has 1 aliphatic carbocycles. The molecule has 7 heteroatoms. The van der Waals surface area contributed by atoms with Gasteiger partial charge in [0.15, 0.2) is 5.71 Å². The number of allylic oxidation sites excluding steroid dienone is 5. The zero-order valence-corrected chi connectivity index (χ0v) is 21.5. The van der Waals surface area contributed by atoms with Crippen LogP contribution in [-0.4, -0.2) is 50.8 Å². The first-order valence-electron chi connectivity index (χ1n) is 12.1. The number of anilines is 1. The lowest BCUT2D eigenvalue weighted by Gasteiger charge is -2.22. The van der Waals surface area contributed by atoms with Crippen LogP contribution in [0.25, 0.3) is 5.57 Å². The maximum Gasteiger partial charge on any atom is 0.282 e. The van der Waals surface area contributed by atoms with Crippen LogP contribution in [-0.2, 0) is 10.0 Å². The molecule has 0 N–H and O–H groups in total. The van der Waals surface area contributed by atoms with Crippen LogP contribution in [0.1, 0.15) is 44.4 Å². The predicted molar refractivity (Wildman–Crippen MR) is 141 cm³/mol. The van der Waals surface area contributed by atoms with Gasteiger partial charge in [-0.25, -0.2) is 4.58 Å². The largest absolute Gasteiger partial charge is 0.858 e. The van der Waals surface area contributed by atoms with Gasteiger partial charge in [0.2, 0.25) is 0 Å². The van der Waals surface area contributed by atoms with Crippen molar-refractivity contribution in [3.05, 3.63) is 89.0 Å². The molecule has 1 heterocycles. The van der Waals surface area contributed by atoms with Gasteiger partial charge in [0.05, 0.1) is 4.90 Å². The van der Waals surface area contributed by atoms with Crippen molar-refractivity contribution in [2.75, 3.05) is 31.1 Å². The zero-order valence-electron chi connectivity index (χ0n) is 20.7. The molecule has 0 amide bonds. The topological polar surface area (TPSA) is 75.8 Å². The predicted octanol–water partition coefficient (Wildman–Crippen LogP) is 3.76. The molecule has 0 bridgehead atoms. The highest BCUT2D eigenvalue weighted by molar-refractivity contribution is 7.90. The summed E-state index contributed by atoms with van der Waals surface area (Å²) in [6.07, 6.45) is 8.37. The van der Waals surface area contributed by atoms with Gasteiger partial charge >= 0.3 is 0 Å². The van der Waals surface area contributed by atoms with Crippen LogP contribution >= 0.6 is 0 Å². The third-order valence-electron chi connectivity index (χ3n) is 6.55. The summed E-state index contributed by atoms with van der Waals surface area (Å²) in [5.74, 6) is -0.713. The van der Waals surface area contributed by atoms with E-state index in [4.69, 9.17) is 0 Å². The molecule has 0 fully saturated rings. The van der Waals surface area contributed by atoms with Crippen molar-refractivity contribution in [1.29, 1.82) is 0 Å². The number of hydrogen-bond acceptors (Lipinski definition) is 4. The molecule has 2 aromatic rings. The molecule has 0 aromatic heterocycles. The smallest absolute Gasteiger partial charge is 0.282 e. The highest BCUT2D eigenvalue weighted by Gasteiger charge is 2.25. The van der Waals surface area contributed by atoms with Gasteiger partial charge in [0.25, 0.3) is 10.0 Å². The fourth-order valence-electron chi connectivity index (χ4n) is 4.64. The molecular weight excluding hydrogens is 458 g/mol. The lowest BCUT2D eigenvalue weighted by atomic mass is 9.90. The van der Waals surface area contributed by atoms with Crippen LogP contribution in [0, 0.1) is 0 Å². The maximum atomic E-state index is 12.3. The first kappa shape index (κ1) is 24.7. The Bertz CT molecular complexity index is 1370. The van der Waals surface area contributed by atoms with E-state index >= 15 is 0 Å². The van der Waals surface area contributed by atoms with E-state index in [0.717, 1.165) is 59.9 Å². The van der Waals surface area contributed by atoms with Crippen LogP contribution in [0.4, 0.5) is 5.69 Å². The second-order valence-electron chi connectivity index (χ2n) is 8.40. The average molecular weight is 490 g/mol. The SMILES string of the molecule is CCN(CC)c1ccc(C(=C2C=CC(=[N+](CC)CC)C=C2)c2ccc3c(c2)C([O-])=NS3(=O)=O)cc1. The van der Waals surface area contributed by atoms with E-state index in [-0.39, 0.29) is 10.5 Å². The van der Waals surface area contributed by atoms with E-state index in [9.17, 15) is 13.5 Å². The minimum absolute atomic E-state index is 0.0284. The molecule has 2 aliphatic rings. The van der Waals surface area contributed by atoms with Crippen LogP contribution in [0.3, 0.4) is 0 Å². The number of sulfonamides is 1. The standard InChI is InChI=1S/C28H31N3O3S/c1-5-30(6-2)23-14-9-20(10-15-23)27(21-11-16-24(17-12-21)31(7-3)8-4)22-13-18-26-25(19-22)28(32)29-35(26,33)34/h9-19H,5-8H2,1-4H3. The Morgan fingerprint density at radius 1 is 0.886 bits per heavy atom. The minimum Gasteiger partial charge on any atom is -0.858 e. The average Bonchev–Trinajstić information content (AvgIpc) is 3.10. The highest BCUT2D eigenvalue weighted by Crippen LogP contribution is 2.34. The summed E-state index contributed by atoms with van der Waals surface area (Å²) in [7, 11) is -3.91. The van der Waals surface area contributed by atoms with Crippen molar-refractivity contribution >= 4 is 32.9 Å².